The molecule has 2 rings (SSSR count). The number of carbonyl (C=O) groups is 1. The number of hydrogen-bond donors (Lipinski definition) is 1. The molecule has 1 aliphatic rings. The molecule has 1 aromatic rings. The molecule has 28 heavy (non-hydrogen) atoms. The van der Waals surface area contributed by atoms with Crippen LogP contribution in [0.4, 0.5) is 14.9 Å². The topological polar surface area (TPSA) is 96.8 Å². The van der Waals surface area contributed by atoms with Gasteiger partial charge in [-0.2, -0.15) is 13.5 Å². The minimum absolute atomic E-state index is 0.0150. The molecule has 1 aliphatic heterocycles. The molecule has 11 heteroatoms. The van der Waals surface area contributed by atoms with Gasteiger partial charge in [0.15, 0.2) is 0 Å². The number of hydrogen-bond acceptors (Lipinski definition) is 6. The number of nitrogens with one attached hydrogen (secondary N) is 1. The quantitative estimate of drug-likeness (QED) is 0.758. The Hall–Kier alpha value is -1.88. The monoisotopic (exact) mass is 419 g/mol. The summed E-state index contributed by atoms with van der Waals surface area (Å²) in [6, 6.07) is -0.297. The Morgan fingerprint density at radius 1 is 1.46 bits per heavy atom. The van der Waals surface area contributed by atoms with Gasteiger partial charge in [-0.1, -0.05) is 0 Å². The molecule has 9 nitrogen and oxygen atoms in total. The van der Waals surface area contributed by atoms with Gasteiger partial charge in [0.05, 0.1) is 18.4 Å². The molecule has 0 aromatic carbocycles. The number of rotatable bonds is 6. The van der Waals surface area contributed by atoms with E-state index in [0.717, 1.165) is 4.31 Å². The average molecular weight is 420 g/mol. The molecule has 0 saturated carbocycles. The summed E-state index contributed by atoms with van der Waals surface area (Å²) in [5.41, 5.74) is -0.555. The van der Waals surface area contributed by atoms with Crippen molar-refractivity contribution in [2.75, 3.05) is 24.4 Å². The summed E-state index contributed by atoms with van der Waals surface area (Å²) in [5, 5.41) is 4.18. The predicted molar refractivity (Wildman–Crippen MR) is 104 cm³/mol. The highest BCUT2D eigenvalue weighted by Crippen LogP contribution is 2.25. The summed E-state index contributed by atoms with van der Waals surface area (Å²) in [6.45, 7) is 8.96. The Morgan fingerprint density at radius 3 is 2.57 bits per heavy atom. The van der Waals surface area contributed by atoms with E-state index in [9.17, 15) is 17.6 Å². The standard InChI is InChI=1S/C17H30FN5O4S/c1-12(2)22-10-15(8-19-22)23(11-14-7-13(18)9-21(14)6)28(25,26)20-16(24)27-17(3,4)5/h8,10,12-14H,7,9,11H2,1-6H3,(H,20,24)/t13-,14+/m1/s1. The van der Waals surface area contributed by atoms with Crippen LogP contribution >= 0.6 is 0 Å². The average Bonchev–Trinajstić information content (AvgIpc) is 3.08. The SMILES string of the molecule is CC(C)n1cc(N(C[C@@H]2C[C@@H](F)CN2C)S(=O)(=O)NC(=O)OC(C)(C)C)cn1. The van der Waals surface area contributed by atoms with Crippen molar-refractivity contribution in [2.24, 2.45) is 0 Å². The summed E-state index contributed by atoms with van der Waals surface area (Å²) in [5.74, 6) is 0. The molecule has 2 atom stereocenters. The van der Waals surface area contributed by atoms with Gasteiger partial charge in [-0.25, -0.2) is 18.2 Å². The number of aromatic nitrogens is 2. The van der Waals surface area contributed by atoms with Crippen LogP contribution in [0.2, 0.25) is 0 Å². The largest absolute Gasteiger partial charge is 0.443 e. The van der Waals surface area contributed by atoms with Crippen molar-refractivity contribution in [1.29, 1.82) is 0 Å². The maximum absolute atomic E-state index is 13.8. The maximum Gasteiger partial charge on any atom is 0.422 e. The second-order valence-corrected chi connectivity index (χ2v) is 9.93. The highest BCUT2D eigenvalue weighted by molar-refractivity contribution is 7.91. The zero-order chi connectivity index (χ0) is 21.3. The molecule has 1 saturated heterocycles. The van der Waals surface area contributed by atoms with E-state index in [-0.39, 0.29) is 31.6 Å². The van der Waals surface area contributed by atoms with E-state index >= 15 is 0 Å². The van der Waals surface area contributed by atoms with Gasteiger partial charge in [0.1, 0.15) is 11.8 Å². The van der Waals surface area contributed by atoms with Crippen LogP contribution in [0.5, 0.6) is 0 Å². The molecular weight excluding hydrogens is 389 g/mol. The summed E-state index contributed by atoms with van der Waals surface area (Å²) >= 11 is 0. The van der Waals surface area contributed by atoms with E-state index in [1.165, 1.54) is 6.20 Å². The van der Waals surface area contributed by atoms with Crippen LogP contribution in [0.15, 0.2) is 12.4 Å². The predicted octanol–water partition coefficient (Wildman–Crippen LogP) is 2.08. The van der Waals surface area contributed by atoms with E-state index in [0.29, 0.717) is 5.69 Å². The van der Waals surface area contributed by atoms with Crippen LogP contribution < -0.4 is 9.03 Å². The summed E-state index contributed by atoms with van der Waals surface area (Å²) in [4.78, 5) is 13.8. The van der Waals surface area contributed by atoms with Crippen molar-refractivity contribution in [3.05, 3.63) is 12.4 Å². The van der Waals surface area contributed by atoms with Crippen LogP contribution in [0.3, 0.4) is 0 Å². The van der Waals surface area contributed by atoms with Gasteiger partial charge in [0.25, 0.3) is 0 Å². The zero-order valence-corrected chi connectivity index (χ0v) is 18.0. The van der Waals surface area contributed by atoms with E-state index in [4.69, 9.17) is 4.74 Å². The second kappa shape index (κ2) is 8.24. The van der Waals surface area contributed by atoms with Gasteiger partial charge in [0, 0.05) is 24.8 Å². The van der Waals surface area contributed by atoms with Crippen LogP contribution in [-0.4, -0.2) is 67.1 Å². The lowest BCUT2D eigenvalue weighted by atomic mass is 10.2. The number of likely N-dealkylation sites (tertiary alicyclic amines) is 1. The Labute approximate surface area is 166 Å². The summed E-state index contributed by atoms with van der Waals surface area (Å²) in [6.07, 6.45) is 1.12. The number of likely N-dealkylation sites (N-methyl/N-ethyl adjacent to an activating group) is 1. The number of amides is 1. The molecular formula is C17H30FN5O4S. The summed E-state index contributed by atoms with van der Waals surface area (Å²) < 4.78 is 49.3. The third-order valence-electron chi connectivity index (χ3n) is 4.32. The fourth-order valence-corrected chi connectivity index (χ4v) is 4.06. The van der Waals surface area contributed by atoms with Crippen LogP contribution in [-0.2, 0) is 14.9 Å². The highest BCUT2D eigenvalue weighted by atomic mass is 32.2. The van der Waals surface area contributed by atoms with Crippen molar-refractivity contribution >= 4 is 22.0 Å². The Bertz CT molecular complexity index is 790. The first-order valence-corrected chi connectivity index (χ1v) is 10.6. The van der Waals surface area contributed by atoms with E-state index in [1.54, 1.807) is 43.6 Å². The molecule has 2 heterocycles. The maximum atomic E-state index is 13.8. The Morgan fingerprint density at radius 2 is 2.11 bits per heavy atom. The van der Waals surface area contributed by atoms with Crippen molar-refractivity contribution in [1.82, 2.24) is 19.4 Å². The van der Waals surface area contributed by atoms with Gasteiger partial charge in [-0.3, -0.25) is 9.58 Å². The minimum Gasteiger partial charge on any atom is -0.443 e. The van der Waals surface area contributed by atoms with Crippen LogP contribution in [0, 0.1) is 0 Å². The zero-order valence-electron chi connectivity index (χ0n) is 17.2. The van der Waals surface area contributed by atoms with Crippen molar-refractivity contribution < 1.29 is 22.3 Å². The van der Waals surface area contributed by atoms with Gasteiger partial charge >= 0.3 is 16.3 Å². The molecule has 0 unspecified atom stereocenters. The normalized spacial score (nSPS) is 21.1. The molecule has 1 fully saturated rings. The lowest BCUT2D eigenvalue weighted by Gasteiger charge is -2.29. The number of carbonyl (C=O) groups excluding carboxylic acids is 1. The lowest BCUT2D eigenvalue weighted by molar-refractivity contribution is 0.0570. The molecule has 0 spiro atoms. The Kier molecular flexibility index (Phi) is 6.59. The first kappa shape index (κ1) is 22.4. The van der Waals surface area contributed by atoms with Gasteiger partial charge in [-0.05, 0) is 48.1 Å². The van der Waals surface area contributed by atoms with Crippen LogP contribution in [0.1, 0.15) is 47.1 Å². The van der Waals surface area contributed by atoms with Gasteiger partial charge in [-0.15, -0.1) is 0 Å². The van der Waals surface area contributed by atoms with E-state index in [2.05, 4.69) is 5.10 Å². The fourth-order valence-electron chi connectivity index (χ4n) is 2.96. The molecule has 160 valence electrons. The molecule has 1 N–H and O–H groups in total. The van der Waals surface area contributed by atoms with Gasteiger partial charge < -0.3 is 4.74 Å². The summed E-state index contributed by atoms with van der Waals surface area (Å²) in [7, 11) is -2.54. The van der Waals surface area contributed by atoms with E-state index < -0.39 is 28.1 Å². The molecule has 0 radical (unpaired) electrons. The number of ether oxygens (including phenoxy) is 1. The second-order valence-electron chi connectivity index (χ2n) is 8.34. The van der Waals surface area contributed by atoms with Crippen molar-refractivity contribution in [3.8, 4) is 0 Å². The number of halogens is 1. The lowest BCUT2D eigenvalue weighted by Crippen LogP contribution is -2.49. The minimum atomic E-state index is -4.28. The first-order chi connectivity index (χ1) is 12.8. The first-order valence-electron chi connectivity index (χ1n) is 9.20. The number of nitrogens with zero attached hydrogens (tertiary/aromatic N) is 4. The molecule has 0 bridgehead atoms. The third-order valence-corrected chi connectivity index (χ3v) is 5.68. The van der Waals surface area contributed by atoms with Crippen LogP contribution in [0.25, 0.3) is 0 Å². The van der Waals surface area contributed by atoms with Gasteiger partial charge in [0.2, 0.25) is 0 Å². The van der Waals surface area contributed by atoms with E-state index in [1.807, 2.05) is 18.6 Å². The molecule has 1 amide bonds. The molecule has 1 aromatic heterocycles. The number of anilines is 1. The van der Waals surface area contributed by atoms with Crippen molar-refractivity contribution in [3.63, 3.8) is 0 Å². The smallest absolute Gasteiger partial charge is 0.422 e. The number of alkyl halides is 1. The van der Waals surface area contributed by atoms with Crippen molar-refractivity contribution in [2.45, 2.75) is 64.9 Å². The fraction of sp³-hybridized carbons (Fsp3) is 0.765. The highest BCUT2D eigenvalue weighted by Gasteiger charge is 2.36. The Balaban J connectivity index is 2.29. The third kappa shape index (κ3) is 5.81. The molecule has 0 aliphatic carbocycles.